The largest absolute Gasteiger partial charge is 0.370 e. The van der Waals surface area contributed by atoms with E-state index in [9.17, 15) is 4.79 Å². The number of carbonyl (C=O) groups is 1. The highest BCUT2D eigenvalue weighted by Crippen LogP contribution is 2.36. The van der Waals surface area contributed by atoms with Crippen LogP contribution in [0.2, 0.25) is 0 Å². The van der Waals surface area contributed by atoms with Crippen LogP contribution in [-0.2, 0) is 16.1 Å². The molecule has 0 bridgehead atoms. The summed E-state index contributed by atoms with van der Waals surface area (Å²) in [5.41, 5.74) is 2.18. The van der Waals surface area contributed by atoms with Gasteiger partial charge >= 0.3 is 0 Å². The van der Waals surface area contributed by atoms with Gasteiger partial charge in [-0.15, -0.1) is 0 Å². The summed E-state index contributed by atoms with van der Waals surface area (Å²) in [6.45, 7) is 4.31. The fourth-order valence-corrected chi connectivity index (χ4v) is 3.66. The van der Waals surface area contributed by atoms with Gasteiger partial charge in [-0.2, -0.15) is 0 Å². The Morgan fingerprint density at radius 2 is 2.27 bits per heavy atom. The lowest BCUT2D eigenvalue weighted by Crippen LogP contribution is -2.36. The Morgan fingerprint density at radius 3 is 3.04 bits per heavy atom. The Hall–Kier alpha value is -2.31. The van der Waals surface area contributed by atoms with E-state index in [1.807, 2.05) is 36.1 Å². The molecule has 0 unspecified atom stereocenters. The van der Waals surface area contributed by atoms with Crippen molar-refractivity contribution in [2.75, 3.05) is 19.7 Å². The minimum Gasteiger partial charge on any atom is -0.370 e. The van der Waals surface area contributed by atoms with Crippen LogP contribution in [0, 0.1) is 6.92 Å². The van der Waals surface area contributed by atoms with Crippen LogP contribution in [0.25, 0.3) is 0 Å². The van der Waals surface area contributed by atoms with E-state index in [0.717, 1.165) is 24.1 Å². The fourth-order valence-electron chi connectivity index (χ4n) is 3.66. The summed E-state index contributed by atoms with van der Waals surface area (Å²) in [5.74, 6) is -0.0247. The zero-order chi connectivity index (χ0) is 18.0. The third-order valence-corrected chi connectivity index (χ3v) is 5.10. The van der Waals surface area contributed by atoms with Crippen LogP contribution in [0.5, 0.6) is 0 Å². The summed E-state index contributed by atoms with van der Waals surface area (Å²) in [6.07, 6.45) is 5.20. The molecule has 136 valence electrons. The molecule has 2 atom stereocenters. The van der Waals surface area contributed by atoms with Gasteiger partial charge in [-0.3, -0.25) is 14.8 Å². The molecule has 0 saturated carbocycles. The SMILES string of the molecule is Cc1ccc(C(=O)N2CC[C@]3(C[C@@H](OCc4ccccn4)CO3)C2)nc1. The number of carbonyl (C=O) groups excluding carboxylic acids is 1. The van der Waals surface area contributed by atoms with Crippen molar-refractivity contribution >= 4 is 5.91 Å². The van der Waals surface area contributed by atoms with Gasteiger partial charge < -0.3 is 14.4 Å². The van der Waals surface area contributed by atoms with Crippen molar-refractivity contribution in [3.05, 3.63) is 59.7 Å². The lowest BCUT2D eigenvalue weighted by Gasteiger charge is -2.23. The van der Waals surface area contributed by atoms with E-state index in [0.29, 0.717) is 32.0 Å². The quantitative estimate of drug-likeness (QED) is 0.844. The molecule has 2 aliphatic heterocycles. The normalized spacial score (nSPS) is 25.1. The van der Waals surface area contributed by atoms with Gasteiger partial charge in [0.25, 0.3) is 5.91 Å². The maximum absolute atomic E-state index is 12.7. The van der Waals surface area contributed by atoms with Gasteiger partial charge in [0, 0.05) is 25.4 Å². The van der Waals surface area contributed by atoms with E-state index in [1.54, 1.807) is 18.5 Å². The molecule has 1 spiro atoms. The average Bonchev–Trinajstić information content (AvgIpc) is 3.28. The summed E-state index contributed by atoms with van der Waals surface area (Å²) in [4.78, 5) is 23.0. The minimum atomic E-state index is -0.283. The molecule has 2 saturated heterocycles. The molecule has 4 rings (SSSR count). The molecule has 4 heterocycles. The highest BCUT2D eigenvalue weighted by atomic mass is 16.6. The highest BCUT2D eigenvalue weighted by Gasteiger charge is 2.47. The number of nitrogens with zero attached hydrogens (tertiary/aromatic N) is 3. The molecule has 2 fully saturated rings. The molecule has 0 aliphatic carbocycles. The standard InChI is InChI=1S/C20H23N3O3/c1-15-5-6-18(22-11-15)19(24)23-9-7-20(14-23)10-17(13-26-20)25-12-16-4-2-3-8-21-16/h2-6,8,11,17H,7,9-10,12-14H2,1H3/t17-,20+/m1/s1. The summed E-state index contributed by atoms with van der Waals surface area (Å²) < 4.78 is 12.0. The first-order chi connectivity index (χ1) is 12.6. The van der Waals surface area contributed by atoms with Crippen LogP contribution in [-0.4, -0.2) is 52.2 Å². The molecule has 0 radical (unpaired) electrons. The van der Waals surface area contributed by atoms with Gasteiger partial charge in [-0.25, -0.2) is 0 Å². The molecular formula is C20H23N3O3. The molecule has 2 aliphatic rings. The summed E-state index contributed by atoms with van der Waals surface area (Å²) in [7, 11) is 0. The van der Waals surface area contributed by atoms with Gasteiger partial charge in [0.15, 0.2) is 0 Å². The second-order valence-corrected chi connectivity index (χ2v) is 7.15. The number of amides is 1. The molecule has 1 amide bonds. The van der Waals surface area contributed by atoms with E-state index >= 15 is 0 Å². The Balaban J connectivity index is 1.33. The smallest absolute Gasteiger partial charge is 0.272 e. The summed E-state index contributed by atoms with van der Waals surface area (Å²) >= 11 is 0. The number of hydrogen-bond donors (Lipinski definition) is 0. The third-order valence-electron chi connectivity index (χ3n) is 5.10. The van der Waals surface area contributed by atoms with Crippen molar-refractivity contribution < 1.29 is 14.3 Å². The first-order valence-corrected chi connectivity index (χ1v) is 9.01. The van der Waals surface area contributed by atoms with E-state index in [-0.39, 0.29) is 17.6 Å². The van der Waals surface area contributed by atoms with Crippen molar-refractivity contribution in [3.63, 3.8) is 0 Å². The Kier molecular flexibility index (Phi) is 4.70. The lowest BCUT2D eigenvalue weighted by molar-refractivity contribution is -0.000133. The predicted octanol–water partition coefficient (Wildman–Crippen LogP) is 2.38. The van der Waals surface area contributed by atoms with E-state index in [4.69, 9.17) is 9.47 Å². The molecular weight excluding hydrogens is 330 g/mol. The van der Waals surface area contributed by atoms with Gasteiger partial charge in [0.1, 0.15) is 5.69 Å². The Labute approximate surface area is 153 Å². The first kappa shape index (κ1) is 17.1. The predicted molar refractivity (Wildman–Crippen MR) is 95.6 cm³/mol. The van der Waals surface area contributed by atoms with Crippen molar-refractivity contribution in [1.29, 1.82) is 0 Å². The maximum atomic E-state index is 12.7. The topological polar surface area (TPSA) is 64.6 Å². The lowest BCUT2D eigenvalue weighted by atomic mass is 9.98. The minimum absolute atomic E-state index is 0.0247. The van der Waals surface area contributed by atoms with E-state index in [1.165, 1.54) is 0 Å². The Morgan fingerprint density at radius 1 is 1.35 bits per heavy atom. The second-order valence-electron chi connectivity index (χ2n) is 7.15. The van der Waals surface area contributed by atoms with E-state index < -0.39 is 0 Å². The zero-order valence-corrected chi connectivity index (χ0v) is 14.9. The van der Waals surface area contributed by atoms with Crippen molar-refractivity contribution in [1.82, 2.24) is 14.9 Å². The van der Waals surface area contributed by atoms with Gasteiger partial charge in [-0.05, 0) is 37.1 Å². The number of rotatable bonds is 4. The molecule has 6 nitrogen and oxygen atoms in total. The molecule has 0 N–H and O–H groups in total. The maximum Gasteiger partial charge on any atom is 0.272 e. The molecule has 26 heavy (non-hydrogen) atoms. The average molecular weight is 353 g/mol. The van der Waals surface area contributed by atoms with Gasteiger partial charge in [-0.1, -0.05) is 12.1 Å². The number of aryl methyl sites for hydroxylation is 1. The highest BCUT2D eigenvalue weighted by molar-refractivity contribution is 5.92. The zero-order valence-electron chi connectivity index (χ0n) is 14.9. The van der Waals surface area contributed by atoms with Crippen LogP contribution in [0.4, 0.5) is 0 Å². The number of hydrogen-bond acceptors (Lipinski definition) is 5. The number of likely N-dealkylation sites (tertiary alicyclic amines) is 1. The fraction of sp³-hybridized carbons (Fsp3) is 0.450. The number of pyridine rings is 2. The van der Waals surface area contributed by atoms with Gasteiger partial charge in [0.05, 0.1) is 37.2 Å². The first-order valence-electron chi connectivity index (χ1n) is 9.01. The monoisotopic (exact) mass is 353 g/mol. The van der Waals surface area contributed by atoms with Crippen LogP contribution < -0.4 is 0 Å². The van der Waals surface area contributed by atoms with Gasteiger partial charge in [0.2, 0.25) is 0 Å². The molecule has 0 aromatic carbocycles. The molecule has 6 heteroatoms. The summed E-state index contributed by atoms with van der Waals surface area (Å²) in [6, 6.07) is 9.51. The van der Waals surface area contributed by atoms with Crippen molar-refractivity contribution in [3.8, 4) is 0 Å². The second kappa shape index (κ2) is 7.13. The third kappa shape index (κ3) is 3.61. The summed E-state index contributed by atoms with van der Waals surface area (Å²) in [5, 5.41) is 0. The number of aromatic nitrogens is 2. The van der Waals surface area contributed by atoms with Crippen molar-refractivity contribution in [2.45, 2.75) is 38.1 Å². The van der Waals surface area contributed by atoms with Crippen LogP contribution >= 0.6 is 0 Å². The van der Waals surface area contributed by atoms with E-state index in [2.05, 4.69) is 9.97 Å². The molecule has 2 aromatic heterocycles. The van der Waals surface area contributed by atoms with Crippen LogP contribution in [0.3, 0.4) is 0 Å². The number of ether oxygens (including phenoxy) is 2. The molecule has 2 aromatic rings. The van der Waals surface area contributed by atoms with Crippen LogP contribution in [0.1, 0.15) is 34.6 Å². The van der Waals surface area contributed by atoms with Crippen LogP contribution in [0.15, 0.2) is 42.7 Å². The van der Waals surface area contributed by atoms with Crippen molar-refractivity contribution in [2.24, 2.45) is 0 Å². The Bertz CT molecular complexity index is 766.